The second kappa shape index (κ2) is 10.2. The van der Waals surface area contributed by atoms with Crippen molar-refractivity contribution < 1.29 is 14.3 Å². The van der Waals surface area contributed by atoms with Gasteiger partial charge in [-0.2, -0.15) is 0 Å². The third-order valence-electron chi connectivity index (χ3n) is 4.88. The fourth-order valence-electron chi connectivity index (χ4n) is 3.08. The first-order valence-electron chi connectivity index (χ1n) is 9.69. The van der Waals surface area contributed by atoms with Crippen molar-refractivity contribution in [2.75, 3.05) is 26.1 Å². The molecule has 0 bridgehead atoms. The van der Waals surface area contributed by atoms with Gasteiger partial charge in [0.05, 0.1) is 20.8 Å². The van der Waals surface area contributed by atoms with Gasteiger partial charge in [0.2, 0.25) is 5.01 Å². The summed E-state index contributed by atoms with van der Waals surface area (Å²) >= 11 is 1.31. The van der Waals surface area contributed by atoms with Gasteiger partial charge in [-0.05, 0) is 55.4 Å². The molecule has 2 aromatic carbocycles. The van der Waals surface area contributed by atoms with Gasteiger partial charge in [0, 0.05) is 11.7 Å². The molecule has 1 heterocycles. The predicted octanol–water partition coefficient (Wildman–Crippen LogP) is 4.39. The highest BCUT2D eigenvalue weighted by atomic mass is 32.1. The van der Waals surface area contributed by atoms with Crippen LogP contribution >= 0.6 is 11.3 Å². The summed E-state index contributed by atoms with van der Waals surface area (Å²) in [5, 5.41) is 12.3. The van der Waals surface area contributed by atoms with E-state index in [9.17, 15) is 4.79 Å². The zero-order chi connectivity index (χ0) is 21.5. The molecule has 8 heteroatoms. The lowest BCUT2D eigenvalue weighted by Crippen LogP contribution is -2.26. The summed E-state index contributed by atoms with van der Waals surface area (Å²) in [6.45, 7) is 5.71. The van der Waals surface area contributed by atoms with Crippen molar-refractivity contribution in [2.45, 2.75) is 26.4 Å². The van der Waals surface area contributed by atoms with E-state index in [4.69, 9.17) is 9.47 Å². The number of anilines is 1. The maximum atomic E-state index is 12.5. The van der Waals surface area contributed by atoms with Crippen LogP contribution in [0.5, 0.6) is 11.5 Å². The molecule has 3 rings (SSSR count). The Morgan fingerprint density at radius 2 is 1.83 bits per heavy atom. The molecule has 0 aliphatic rings. The van der Waals surface area contributed by atoms with Crippen molar-refractivity contribution in [1.82, 2.24) is 15.1 Å². The van der Waals surface area contributed by atoms with Gasteiger partial charge in [-0.3, -0.25) is 9.69 Å². The molecular weight excluding hydrogens is 400 g/mol. The molecule has 1 unspecified atom stereocenters. The second-order valence-electron chi connectivity index (χ2n) is 6.70. The molecule has 30 heavy (non-hydrogen) atoms. The van der Waals surface area contributed by atoms with Crippen molar-refractivity contribution >= 4 is 22.9 Å². The SMILES string of the molecule is CCN(Cc1nnc(C(=O)Nc2ccc(OC)cc2)s1)C(C)c1cccc(OC)c1. The Morgan fingerprint density at radius 3 is 2.50 bits per heavy atom. The van der Waals surface area contributed by atoms with Crippen molar-refractivity contribution in [3.63, 3.8) is 0 Å². The van der Waals surface area contributed by atoms with Crippen LogP contribution in [0.25, 0.3) is 0 Å². The number of aromatic nitrogens is 2. The van der Waals surface area contributed by atoms with E-state index >= 15 is 0 Å². The molecule has 0 spiro atoms. The van der Waals surface area contributed by atoms with Crippen LogP contribution in [-0.4, -0.2) is 41.8 Å². The molecule has 0 fully saturated rings. The molecule has 1 aromatic heterocycles. The van der Waals surface area contributed by atoms with Gasteiger partial charge in [0.15, 0.2) is 0 Å². The summed E-state index contributed by atoms with van der Waals surface area (Å²) in [6.07, 6.45) is 0. The van der Waals surface area contributed by atoms with E-state index in [-0.39, 0.29) is 11.9 Å². The highest BCUT2D eigenvalue weighted by Gasteiger charge is 2.19. The summed E-state index contributed by atoms with van der Waals surface area (Å²) in [5.41, 5.74) is 1.84. The van der Waals surface area contributed by atoms with Crippen LogP contribution in [0.15, 0.2) is 48.5 Å². The first-order valence-corrected chi connectivity index (χ1v) is 10.5. The number of hydrogen-bond acceptors (Lipinski definition) is 7. The number of ether oxygens (including phenoxy) is 2. The van der Waals surface area contributed by atoms with E-state index in [0.717, 1.165) is 28.6 Å². The predicted molar refractivity (Wildman–Crippen MR) is 118 cm³/mol. The van der Waals surface area contributed by atoms with Gasteiger partial charge in [0.25, 0.3) is 5.91 Å². The van der Waals surface area contributed by atoms with Crippen molar-refractivity contribution in [3.8, 4) is 11.5 Å². The van der Waals surface area contributed by atoms with Gasteiger partial charge < -0.3 is 14.8 Å². The standard InChI is InChI=1S/C22H26N4O3S/c1-5-26(15(2)16-7-6-8-19(13-16)29-4)14-20-24-25-22(30-20)21(27)23-17-9-11-18(28-3)12-10-17/h6-13,15H,5,14H2,1-4H3,(H,23,27). The van der Waals surface area contributed by atoms with Crippen LogP contribution < -0.4 is 14.8 Å². The topological polar surface area (TPSA) is 76.6 Å². The molecule has 0 aliphatic heterocycles. The average molecular weight is 427 g/mol. The molecule has 3 aromatic rings. The normalized spacial score (nSPS) is 11.9. The number of rotatable bonds is 9. The van der Waals surface area contributed by atoms with Crippen LogP contribution in [0.1, 0.15) is 40.3 Å². The first kappa shape index (κ1) is 21.7. The lowest BCUT2D eigenvalue weighted by atomic mass is 10.1. The van der Waals surface area contributed by atoms with Gasteiger partial charge in [-0.25, -0.2) is 0 Å². The fourth-order valence-corrected chi connectivity index (χ4v) is 3.84. The zero-order valence-electron chi connectivity index (χ0n) is 17.6. The maximum absolute atomic E-state index is 12.5. The minimum absolute atomic E-state index is 0.172. The van der Waals surface area contributed by atoms with Gasteiger partial charge in [0.1, 0.15) is 16.5 Å². The van der Waals surface area contributed by atoms with Crippen LogP contribution in [-0.2, 0) is 6.54 Å². The van der Waals surface area contributed by atoms with Gasteiger partial charge in [-0.1, -0.05) is 30.4 Å². The number of nitrogens with one attached hydrogen (secondary N) is 1. The molecule has 0 saturated carbocycles. The average Bonchev–Trinajstić information content (AvgIpc) is 3.26. The van der Waals surface area contributed by atoms with Gasteiger partial charge in [-0.15, -0.1) is 10.2 Å². The Bertz CT molecular complexity index is 975. The summed E-state index contributed by atoms with van der Waals surface area (Å²) in [4.78, 5) is 14.8. The number of methoxy groups -OCH3 is 2. The number of carbonyl (C=O) groups excluding carboxylic acids is 1. The Morgan fingerprint density at radius 1 is 1.10 bits per heavy atom. The third kappa shape index (κ3) is 5.34. The number of benzene rings is 2. The Labute approximate surface area is 180 Å². The number of carbonyl (C=O) groups is 1. The van der Waals surface area contributed by atoms with E-state index in [0.29, 0.717) is 17.2 Å². The molecule has 1 N–H and O–H groups in total. The molecule has 0 saturated heterocycles. The first-order chi connectivity index (χ1) is 14.5. The van der Waals surface area contributed by atoms with Crippen LogP contribution in [0.3, 0.4) is 0 Å². The Kier molecular flexibility index (Phi) is 7.37. The monoisotopic (exact) mass is 426 g/mol. The summed E-state index contributed by atoms with van der Waals surface area (Å²) < 4.78 is 10.5. The molecule has 7 nitrogen and oxygen atoms in total. The minimum Gasteiger partial charge on any atom is -0.497 e. The third-order valence-corrected chi connectivity index (χ3v) is 5.78. The van der Waals surface area contributed by atoms with Crippen molar-refractivity contribution in [2.24, 2.45) is 0 Å². The number of amides is 1. The summed E-state index contributed by atoms with van der Waals surface area (Å²) in [7, 11) is 3.27. The van der Waals surface area contributed by atoms with E-state index in [1.165, 1.54) is 11.3 Å². The Hall–Kier alpha value is -2.97. The molecule has 1 atom stereocenters. The molecule has 1 amide bonds. The molecular formula is C22H26N4O3S. The lowest BCUT2D eigenvalue weighted by Gasteiger charge is -2.27. The number of hydrogen-bond donors (Lipinski definition) is 1. The Balaban J connectivity index is 1.65. The van der Waals surface area contributed by atoms with Crippen LogP contribution in [0.4, 0.5) is 5.69 Å². The second-order valence-corrected chi connectivity index (χ2v) is 7.76. The highest BCUT2D eigenvalue weighted by Crippen LogP contribution is 2.26. The largest absolute Gasteiger partial charge is 0.497 e. The number of nitrogens with zero attached hydrogens (tertiary/aromatic N) is 3. The fraction of sp³-hybridized carbons (Fsp3) is 0.318. The maximum Gasteiger partial charge on any atom is 0.286 e. The summed E-state index contributed by atoms with van der Waals surface area (Å²) in [6, 6.07) is 15.4. The lowest BCUT2D eigenvalue weighted by molar-refractivity contribution is 0.102. The van der Waals surface area contributed by atoms with Crippen molar-refractivity contribution in [1.29, 1.82) is 0 Å². The summed E-state index contributed by atoms with van der Waals surface area (Å²) in [5.74, 6) is 1.30. The van der Waals surface area contributed by atoms with E-state index in [1.54, 1.807) is 38.5 Å². The highest BCUT2D eigenvalue weighted by molar-refractivity contribution is 7.13. The van der Waals surface area contributed by atoms with E-state index in [2.05, 4.69) is 40.3 Å². The van der Waals surface area contributed by atoms with Crippen LogP contribution in [0, 0.1) is 0 Å². The quantitative estimate of drug-likeness (QED) is 0.547. The van der Waals surface area contributed by atoms with Crippen molar-refractivity contribution in [3.05, 3.63) is 64.1 Å². The minimum atomic E-state index is -0.271. The van der Waals surface area contributed by atoms with Crippen LogP contribution in [0.2, 0.25) is 0 Å². The zero-order valence-corrected chi connectivity index (χ0v) is 18.4. The van der Waals surface area contributed by atoms with Gasteiger partial charge >= 0.3 is 0 Å². The van der Waals surface area contributed by atoms with E-state index < -0.39 is 0 Å². The van der Waals surface area contributed by atoms with E-state index in [1.807, 2.05) is 18.2 Å². The molecule has 0 aliphatic carbocycles. The molecule has 0 radical (unpaired) electrons. The smallest absolute Gasteiger partial charge is 0.286 e. The molecule has 158 valence electrons.